The Bertz CT molecular complexity index is 508. The molecule has 0 aliphatic carbocycles. The van der Waals surface area contributed by atoms with E-state index in [1.54, 1.807) is 12.1 Å². The van der Waals surface area contributed by atoms with E-state index in [-0.39, 0.29) is 0 Å². The van der Waals surface area contributed by atoms with Crippen molar-refractivity contribution in [2.24, 2.45) is 0 Å². The summed E-state index contributed by atoms with van der Waals surface area (Å²) in [6.45, 7) is 0. The minimum absolute atomic E-state index is 0.558. The number of nitrogens with two attached hydrogens (primary N) is 2. The topological polar surface area (TPSA) is 64.1 Å². The summed E-state index contributed by atoms with van der Waals surface area (Å²) in [4.78, 5) is 0. The smallest absolute Gasteiger partial charge is 0.0568 e. The van der Waals surface area contributed by atoms with E-state index in [0.717, 1.165) is 15.8 Å². The minimum Gasteiger partial charge on any atom is -0.397 e. The Morgan fingerprint density at radius 3 is 2.24 bits per heavy atom. The molecular formula is C12H11BrClN3. The van der Waals surface area contributed by atoms with E-state index < -0.39 is 0 Å². The first-order chi connectivity index (χ1) is 8.06. The Morgan fingerprint density at radius 2 is 1.59 bits per heavy atom. The monoisotopic (exact) mass is 311 g/mol. The molecule has 17 heavy (non-hydrogen) atoms. The molecule has 5 N–H and O–H groups in total. The summed E-state index contributed by atoms with van der Waals surface area (Å²) in [5.74, 6) is 0. The summed E-state index contributed by atoms with van der Waals surface area (Å²) in [5, 5.41) is 3.89. The Hall–Kier alpha value is -1.39. The van der Waals surface area contributed by atoms with Crippen LogP contribution >= 0.6 is 27.5 Å². The average Bonchev–Trinajstić information content (AvgIpc) is 2.29. The van der Waals surface area contributed by atoms with E-state index >= 15 is 0 Å². The largest absolute Gasteiger partial charge is 0.397 e. The number of halogens is 2. The van der Waals surface area contributed by atoms with Gasteiger partial charge >= 0.3 is 0 Å². The molecule has 0 saturated heterocycles. The predicted octanol–water partition coefficient (Wildman–Crippen LogP) is 4.01. The van der Waals surface area contributed by atoms with Crippen LogP contribution in [0.15, 0.2) is 40.9 Å². The van der Waals surface area contributed by atoms with Crippen LogP contribution in [0.25, 0.3) is 0 Å². The van der Waals surface area contributed by atoms with Crippen molar-refractivity contribution in [3.05, 3.63) is 45.9 Å². The Balaban J connectivity index is 2.25. The van der Waals surface area contributed by atoms with E-state index in [9.17, 15) is 0 Å². The Kier molecular flexibility index (Phi) is 3.45. The summed E-state index contributed by atoms with van der Waals surface area (Å²) in [7, 11) is 0. The van der Waals surface area contributed by atoms with E-state index in [4.69, 9.17) is 23.1 Å². The van der Waals surface area contributed by atoms with Gasteiger partial charge in [0, 0.05) is 15.8 Å². The molecule has 0 heterocycles. The molecule has 0 aliphatic rings. The molecule has 0 fully saturated rings. The van der Waals surface area contributed by atoms with Gasteiger partial charge in [0.25, 0.3) is 0 Å². The van der Waals surface area contributed by atoms with Gasteiger partial charge in [-0.05, 0) is 52.3 Å². The van der Waals surface area contributed by atoms with Crippen LogP contribution < -0.4 is 16.8 Å². The zero-order valence-electron chi connectivity index (χ0n) is 8.87. The molecule has 0 radical (unpaired) electrons. The maximum atomic E-state index is 5.92. The molecule has 0 saturated carbocycles. The third-order valence-electron chi connectivity index (χ3n) is 2.30. The van der Waals surface area contributed by atoms with E-state index in [1.807, 2.05) is 24.3 Å². The van der Waals surface area contributed by atoms with Crippen molar-refractivity contribution in [1.29, 1.82) is 0 Å². The van der Waals surface area contributed by atoms with Gasteiger partial charge in [-0.3, -0.25) is 0 Å². The zero-order valence-corrected chi connectivity index (χ0v) is 11.2. The first kappa shape index (κ1) is 12.1. The van der Waals surface area contributed by atoms with Crippen molar-refractivity contribution in [2.75, 3.05) is 16.8 Å². The van der Waals surface area contributed by atoms with Crippen molar-refractivity contribution in [2.45, 2.75) is 0 Å². The number of anilines is 4. The van der Waals surface area contributed by atoms with Gasteiger partial charge in [0.05, 0.1) is 16.4 Å². The van der Waals surface area contributed by atoms with E-state index in [1.165, 1.54) is 0 Å². The van der Waals surface area contributed by atoms with Crippen molar-refractivity contribution in [3.63, 3.8) is 0 Å². The first-order valence-corrected chi connectivity index (χ1v) is 6.10. The second kappa shape index (κ2) is 4.85. The van der Waals surface area contributed by atoms with Crippen molar-refractivity contribution in [1.82, 2.24) is 0 Å². The van der Waals surface area contributed by atoms with Gasteiger partial charge in [-0.1, -0.05) is 11.6 Å². The molecule has 0 bridgehead atoms. The molecule has 2 aromatic carbocycles. The molecular weight excluding hydrogens is 302 g/mol. The maximum Gasteiger partial charge on any atom is 0.0568 e. The molecule has 88 valence electrons. The van der Waals surface area contributed by atoms with Crippen LogP contribution in [-0.4, -0.2) is 0 Å². The van der Waals surface area contributed by atoms with Gasteiger partial charge in [0.15, 0.2) is 0 Å². The molecule has 2 aromatic rings. The lowest BCUT2D eigenvalue weighted by molar-refractivity contribution is 1.53. The van der Waals surface area contributed by atoms with Gasteiger partial charge in [0.1, 0.15) is 0 Å². The fraction of sp³-hybridized carbons (Fsp3) is 0. The third-order valence-corrected chi connectivity index (χ3v) is 3.51. The molecule has 0 unspecified atom stereocenters. The molecule has 3 nitrogen and oxygen atoms in total. The number of nitrogens with one attached hydrogen (secondary N) is 1. The van der Waals surface area contributed by atoms with Gasteiger partial charge in [-0.15, -0.1) is 0 Å². The average molecular weight is 313 g/mol. The van der Waals surface area contributed by atoms with Crippen LogP contribution in [0.4, 0.5) is 22.7 Å². The highest BCUT2D eigenvalue weighted by Crippen LogP contribution is 2.28. The Labute approximate surface area is 113 Å². The van der Waals surface area contributed by atoms with Gasteiger partial charge < -0.3 is 16.8 Å². The first-order valence-electron chi connectivity index (χ1n) is 4.93. The lowest BCUT2D eigenvalue weighted by atomic mass is 10.2. The molecule has 0 aromatic heterocycles. The Morgan fingerprint density at radius 1 is 0.941 bits per heavy atom. The van der Waals surface area contributed by atoms with Crippen LogP contribution in [0.5, 0.6) is 0 Å². The predicted molar refractivity (Wildman–Crippen MR) is 77.7 cm³/mol. The summed E-state index contributed by atoms with van der Waals surface area (Å²) < 4.78 is 0.840. The SMILES string of the molecule is Nc1ccc(Nc2ccc(Cl)c(Br)c2)cc1N. The molecule has 0 spiro atoms. The fourth-order valence-electron chi connectivity index (χ4n) is 1.39. The van der Waals surface area contributed by atoms with Gasteiger partial charge in [-0.25, -0.2) is 0 Å². The van der Waals surface area contributed by atoms with Gasteiger partial charge in [0.2, 0.25) is 0 Å². The van der Waals surface area contributed by atoms with Crippen LogP contribution in [-0.2, 0) is 0 Å². The highest BCUT2D eigenvalue weighted by Gasteiger charge is 2.01. The minimum atomic E-state index is 0.558. The molecule has 0 amide bonds. The van der Waals surface area contributed by atoms with Crippen LogP contribution in [0.1, 0.15) is 0 Å². The van der Waals surface area contributed by atoms with Crippen molar-refractivity contribution in [3.8, 4) is 0 Å². The fourth-order valence-corrected chi connectivity index (χ4v) is 1.89. The van der Waals surface area contributed by atoms with Crippen LogP contribution in [0.3, 0.4) is 0 Å². The number of benzene rings is 2. The molecule has 5 heteroatoms. The van der Waals surface area contributed by atoms with Crippen molar-refractivity contribution < 1.29 is 0 Å². The quantitative estimate of drug-likeness (QED) is 0.734. The highest BCUT2D eigenvalue weighted by atomic mass is 79.9. The van der Waals surface area contributed by atoms with Crippen LogP contribution in [0.2, 0.25) is 5.02 Å². The molecule has 0 atom stereocenters. The lowest BCUT2D eigenvalue weighted by Crippen LogP contribution is -1.96. The summed E-state index contributed by atoms with van der Waals surface area (Å²) in [6.07, 6.45) is 0. The second-order valence-electron chi connectivity index (χ2n) is 3.60. The number of hydrogen-bond acceptors (Lipinski definition) is 3. The van der Waals surface area contributed by atoms with E-state index in [0.29, 0.717) is 16.4 Å². The molecule has 2 rings (SSSR count). The number of hydrogen-bond donors (Lipinski definition) is 3. The lowest BCUT2D eigenvalue weighted by Gasteiger charge is -2.09. The van der Waals surface area contributed by atoms with Gasteiger partial charge in [-0.2, -0.15) is 0 Å². The van der Waals surface area contributed by atoms with E-state index in [2.05, 4.69) is 21.2 Å². The summed E-state index contributed by atoms with van der Waals surface area (Å²) >= 11 is 9.29. The summed E-state index contributed by atoms with van der Waals surface area (Å²) in [6, 6.07) is 11.0. The molecule has 0 aliphatic heterocycles. The standard InChI is InChI=1S/C12H11BrClN3/c13-9-5-7(1-3-10(9)14)17-8-2-4-11(15)12(16)6-8/h1-6,17H,15-16H2. The zero-order chi connectivity index (χ0) is 12.4. The third kappa shape index (κ3) is 2.84. The summed E-state index contributed by atoms with van der Waals surface area (Å²) in [5.41, 5.74) is 14.3. The highest BCUT2D eigenvalue weighted by molar-refractivity contribution is 9.10. The normalized spacial score (nSPS) is 10.2. The maximum absolute atomic E-state index is 5.92. The second-order valence-corrected chi connectivity index (χ2v) is 4.86. The number of nitrogen functional groups attached to an aromatic ring is 2. The number of rotatable bonds is 2. The van der Waals surface area contributed by atoms with Crippen molar-refractivity contribution >= 4 is 50.3 Å². The van der Waals surface area contributed by atoms with Crippen LogP contribution in [0, 0.1) is 0 Å².